The maximum absolute atomic E-state index is 12.2. The van der Waals surface area contributed by atoms with Crippen molar-refractivity contribution in [3.8, 4) is 5.75 Å². The molecule has 0 saturated heterocycles. The van der Waals surface area contributed by atoms with Gasteiger partial charge in [-0.2, -0.15) is 0 Å². The lowest BCUT2D eigenvalue weighted by Gasteiger charge is -2.07. The molecular formula is C22H18N2O3S. The summed E-state index contributed by atoms with van der Waals surface area (Å²) in [5.41, 5.74) is 1.80. The molecule has 0 fully saturated rings. The van der Waals surface area contributed by atoms with Crippen LogP contribution in [0.15, 0.2) is 76.4 Å². The van der Waals surface area contributed by atoms with Gasteiger partial charge in [0.2, 0.25) is 0 Å². The highest BCUT2D eigenvalue weighted by Gasteiger charge is 2.12. The van der Waals surface area contributed by atoms with Crippen LogP contribution in [0.1, 0.15) is 21.8 Å². The second kappa shape index (κ2) is 8.27. The van der Waals surface area contributed by atoms with Crippen LogP contribution in [0.4, 0.5) is 0 Å². The fraction of sp³-hybridized carbons (Fsp3) is 0.136. The van der Waals surface area contributed by atoms with Crippen molar-refractivity contribution >= 4 is 28.3 Å². The zero-order valence-corrected chi connectivity index (χ0v) is 16.1. The van der Waals surface area contributed by atoms with E-state index in [1.54, 1.807) is 0 Å². The quantitative estimate of drug-likeness (QED) is 0.324. The topological polar surface area (TPSA) is 65.2 Å². The average Bonchev–Trinajstić information content (AvgIpc) is 3.19. The first-order valence-corrected chi connectivity index (χ1v) is 9.83. The fourth-order valence-corrected chi connectivity index (χ4v) is 3.44. The normalized spacial score (nSPS) is 10.9. The van der Waals surface area contributed by atoms with Gasteiger partial charge in [0.15, 0.2) is 12.4 Å². The third-order valence-corrected chi connectivity index (χ3v) is 5.07. The Morgan fingerprint density at radius 3 is 2.64 bits per heavy atom. The van der Waals surface area contributed by atoms with E-state index in [1.165, 1.54) is 11.8 Å². The first kappa shape index (κ1) is 18.3. The van der Waals surface area contributed by atoms with Crippen molar-refractivity contribution in [3.05, 3.63) is 83.7 Å². The highest BCUT2D eigenvalue weighted by Crippen LogP contribution is 2.26. The second-order valence-electron chi connectivity index (χ2n) is 6.31. The second-order valence-corrected chi connectivity index (χ2v) is 7.23. The predicted molar refractivity (Wildman–Crippen MR) is 109 cm³/mol. The highest BCUT2D eigenvalue weighted by atomic mass is 32.2. The minimum atomic E-state index is 0.0248. The van der Waals surface area contributed by atoms with Crippen LogP contribution in [0.3, 0.4) is 0 Å². The Bertz CT molecular complexity index is 1100. The Labute approximate surface area is 166 Å². The molecule has 3 aromatic carbocycles. The van der Waals surface area contributed by atoms with E-state index in [4.69, 9.17) is 9.15 Å². The van der Waals surface area contributed by atoms with Crippen LogP contribution in [0.2, 0.25) is 0 Å². The maximum Gasteiger partial charge on any atom is 0.277 e. The lowest BCUT2D eigenvalue weighted by atomic mass is 10.1. The zero-order valence-electron chi connectivity index (χ0n) is 15.3. The smallest absolute Gasteiger partial charge is 0.277 e. The Morgan fingerprint density at radius 1 is 1.00 bits per heavy atom. The number of carbonyl (C=O) groups is 1. The number of Topliss-reactive ketones (excluding diaryl/α,β-unsaturated/α-hetero) is 1. The van der Waals surface area contributed by atoms with Crippen LogP contribution in [0.5, 0.6) is 5.75 Å². The molecule has 0 aliphatic carbocycles. The maximum atomic E-state index is 12.2. The first-order chi connectivity index (χ1) is 13.7. The van der Waals surface area contributed by atoms with Crippen LogP contribution >= 0.6 is 11.8 Å². The summed E-state index contributed by atoms with van der Waals surface area (Å²) >= 11 is 1.23. The number of fused-ring (bicyclic) bond motifs is 1. The number of ether oxygens (including phenoxy) is 1. The summed E-state index contributed by atoms with van der Waals surface area (Å²) in [5.74, 6) is 1.41. The summed E-state index contributed by atoms with van der Waals surface area (Å²) in [6.07, 6.45) is 0. The standard InChI is InChI=1S/C22H18N2O3S/c1-15-9-11-17(12-10-15)19(25)14-28-22-24-23-21(27-22)13-26-20-8-4-6-16-5-2-3-7-18(16)20/h2-12H,13-14H2,1H3. The predicted octanol–water partition coefficient (Wildman–Crippen LogP) is 5.09. The molecular weight excluding hydrogens is 372 g/mol. The molecule has 140 valence electrons. The Balaban J connectivity index is 1.35. The summed E-state index contributed by atoms with van der Waals surface area (Å²) in [4.78, 5) is 12.2. The van der Waals surface area contributed by atoms with E-state index >= 15 is 0 Å². The number of benzene rings is 3. The number of carbonyl (C=O) groups excluding carboxylic acids is 1. The van der Waals surface area contributed by atoms with Crippen LogP contribution in [0.25, 0.3) is 10.8 Å². The highest BCUT2D eigenvalue weighted by molar-refractivity contribution is 7.99. The summed E-state index contributed by atoms with van der Waals surface area (Å²) in [6.45, 7) is 2.16. The van der Waals surface area contributed by atoms with Gasteiger partial charge in [-0.25, -0.2) is 0 Å². The van der Waals surface area contributed by atoms with Gasteiger partial charge in [0.25, 0.3) is 11.1 Å². The monoisotopic (exact) mass is 390 g/mol. The minimum absolute atomic E-state index is 0.0248. The van der Waals surface area contributed by atoms with Gasteiger partial charge >= 0.3 is 0 Å². The first-order valence-electron chi connectivity index (χ1n) is 8.85. The molecule has 0 aliphatic rings. The summed E-state index contributed by atoms with van der Waals surface area (Å²) < 4.78 is 11.4. The van der Waals surface area contributed by atoms with E-state index in [9.17, 15) is 4.79 Å². The van der Waals surface area contributed by atoms with Crippen molar-refractivity contribution in [1.82, 2.24) is 10.2 Å². The molecule has 0 atom stereocenters. The van der Waals surface area contributed by atoms with E-state index in [2.05, 4.69) is 10.2 Å². The van der Waals surface area contributed by atoms with E-state index < -0.39 is 0 Å². The molecule has 0 bridgehead atoms. The van der Waals surface area contributed by atoms with Crippen molar-refractivity contribution in [2.24, 2.45) is 0 Å². The Hall–Kier alpha value is -3.12. The van der Waals surface area contributed by atoms with Crippen molar-refractivity contribution < 1.29 is 13.9 Å². The summed E-state index contributed by atoms with van der Waals surface area (Å²) in [6, 6.07) is 21.4. The Morgan fingerprint density at radius 2 is 1.79 bits per heavy atom. The molecule has 0 unspecified atom stereocenters. The molecule has 0 aliphatic heterocycles. The molecule has 1 heterocycles. The number of hydrogen-bond acceptors (Lipinski definition) is 6. The molecule has 4 aromatic rings. The number of thioether (sulfide) groups is 1. The largest absolute Gasteiger partial charge is 0.483 e. The molecule has 0 saturated carbocycles. The Kier molecular flexibility index (Phi) is 5.39. The van der Waals surface area contributed by atoms with Crippen LogP contribution in [-0.4, -0.2) is 21.7 Å². The van der Waals surface area contributed by atoms with Gasteiger partial charge < -0.3 is 9.15 Å². The van der Waals surface area contributed by atoms with E-state index in [-0.39, 0.29) is 18.1 Å². The van der Waals surface area contributed by atoms with Gasteiger partial charge in [0, 0.05) is 10.9 Å². The van der Waals surface area contributed by atoms with Gasteiger partial charge in [-0.15, -0.1) is 10.2 Å². The molecule has 0 N–H and O–H groups in total. The number of aromatic nitrogens is 2. The SMILES string of the molecule is Cc1ccc(C(=O)CSc2nnc(COc3cccc4ccccc34)o2)cc1. The number of aryl methyl sites for hydroxylation is 1. The van der Waals surface area contributed by atoms with Gasteiger partial charge in [0.05, 0.1) is 5.75 Å². The molecule has 5 nitrogen and oxygen atoms in total. The number of ketones is 1. The molecule has 0 radical (unpaired) electrons. The summed E-state index contributed by atoms with van der Waals surface area (Å²) in [7, 11) is 0. The number of hydrogen-bond donors (Lipinski definition) is 0. The van der Waals surface area contributed by atoms with Crippen molar-refractivity contribution in [3.63, 3.8) is 0 Å². The van der Waals surface area contributed by atoms with E-state index in [0.29, 0.717) is 16.7 Å². The summed E-state index contributed by atoms with van der Waals surface area (Å²) in [5, 5.41) is 10.5. The lowest BCUT2D eigenvalue weighted by Crippen LogP contribution is -2.02. The van der Waals surface area contributed by atoms with Crippen LogP contribution in [-0.2, 0) is 6.61 Å². The van der Waals surface area contributed by atoms with Crippen LogP contribution < -0.4 is 4.74 Å². The van der Waals surface area contributed by atoms with E-state index in [0.717, 1.165) is 22.1 Å². The average molecular weight is 390 g/mol. The number of nitrogens with zero attached hydrogens (tertiary/aromatic N) is 2. The fourth-order valence-electron chi connectivity index (χ4n) is 2.77. The third-order valence-electron chi connectivity index (χ3n) is 4.25. The lowest BCUT2D eigenvalue weighted by molar-refractivity contribution is 0.102. The van der Waals surface area contributed by atoms with Gasteiger partial charge in [-0.05, 0) is 18.4 Å². The number of rotatable bonds is 7. The van der Waals surface area contributed by atoms with Gasteiger partial charge in [0.1, 0.15) is 5.75 Å². The van der Waals surface area contributed by atoms with Crippen molar-refractivity contribution in [2.45, 2.75) is 18.8 Å². The molecule has 1 aromatic heterocycles. The van der Waals surface area contributed by atoms with Crippen molar-refractivity contribution in [1.29, 1.82) is 0 Å². The zero-order chi connectivity index (χ0) is 19.3. The van der Waals surface area contributed by atoms with E-state index in [1.807, 2.05) is 73.7 Å². The minimum Gasteiger partial charge on any atom is -0.483 e. The molecule has 28 heavy (non-hydrogen) atoms. The van der Waals surface area contributed by atoms with Gasteiger partial charge in [-0.3, -0.25) is 4.79 Å². The van der Waals surface area contributed by atoms with Crippen LogP contribution in [0, 0.1) is 6.92 Å². The third kappa shape index (κ3) is 4.23. The molecule has 6 heteroatoms. The van der Waals surface area contributed by atoms with Crippen molar-refractivity contribution in [2.75, 3.05) is 5.75 Å². The molecule has 0 spiro atoms. The molecule has 4 rings (SSSR count). The van der Waals surface area contributed by atoms with Gasteiger partial charge in [-0.1, -0.05) is 78.0 Å². The molecule has 0 amide bonds.